The third-order valence-electron chi connectivity index (χ3n) is 6.24. The lowest BCUT2D eigenvalue weighted by molar-refractivity contribution is -0.131. The SMILES string of the molecule is C[C@H]1CN(C(=O)Cc2ccc(F)cc2)CCN1c1nnc(-c2ccccc2)c2ccccc12.Cl. The topological polar surface area (TPSA) is 49.3 Å². The van der Waals surface area contributed by atoms with E-state index in [1.54, 1.807) is 12.1 Å². The standard InChI is InChI=1S/C27H25FN4O.ClH/c1-19-18-31(25(33)17-20-11-13-22(28)14-12-20)15-16-32(19)27-24-10-6-5-9-23(24)26(29-30-27)21-7-3-2-4-8-21;/h2-14,19H,15-18H2,1H3;1H/t19-;/m0./s1. The number of hydrogen-bond acceptors (Lipinski definition) is 4. The summed E-state index contributed by atoms with van der Waals surface area (Å²) in [6.45, 7) is 4.01. The normalized spacial score (nSPS) is 15.8. The van der Waals surface area contributed by atoms with Crippen LogP contribution in [0.15, 0.2) is 78.9 Å². The molecule has 1 aliphatic heterocycles. The average molecular weight is 477 g/mol. The molecule has 7 heteroatoms. The number of halogens is 2. The summed E-state index contributed by atoms with van der Waals surface area (Å²) in [6, 6.07) is 24.5. The number of aromatic nitrogens is 2. The van der Waals surface area contributed by atoms with Crippen LogP contribution in [0.5, 0.6) is 0 Å². The van der Waals surface area contributed by atoms with Gasteiger partial charge in [0.05, 0.1) is 6.42 Å². The predicted molar refractivity (Wildman–Crippen MR) is 136 cm³/mol. The van der Waals surface area contributed by atoms with E-state index in [0.29, 0.717) is 19.6 Å². The molecule has 0 unspecified atom stereocenters. The minimum Gasteiger partial charge on any atom is -0.348 e. The van der Waals surface area contributed by atoms with Crippen molar-refractivity contribution >= 4 is 34.9 Å². The van der Waals surface area contributed by atoms with Gasteiger partial charge in [-0.15, -0.1) is 22.6 Å². The average Bonchev–Trinajstić information content (AvgIpc) is 2.85. The monoisotopic (exact) mass is 476 g/mol. The van der Waals surface area contributed by atoms with E-state index in [9.17, 15) is 9.18 Å². The number of piperazine rings is 1. The first kappa shape index (κ1) is 23.6. The molecular formula is C27H26ClFN4O. The Hall–Kier alpha value is -3.51. The van der Waals surface area contributed by atoms with Crippen molar-refractivity contribution in [3.05, 3.63) is 90.2 Å². The Morgan fingerprint density at radius 2 is 1.59 bits per heavy atom. The third-order valence-corrected chi connectivity index (χ3v) is 6.24. The lowest BCUT2D eigenvalue weighted by atomic mass is 10.0. The highest BCUT2D eigenvalue weighted by Crippen LogP contribution is 2.32. The zero-order valence-electron chi connectivity index (χ0n) is 18.9. The highest BCUT2D eigenvalue weighted by molar-refractivity contribution is 6.00. The number of nitrogens with zero attached hydrogens (tertiary/aromatic N) is 4. The summed E-state index contributed by atoms with van der Waals surface area (Å²) in [6.07, 6.45) is 0.279. The van der Waals surface area contributed by atoms with E-state index >= 15 is 0 Å². The molecule has 34 heavy (non-hydrogen) atoms. The summed E-state index contributed by atoms with van der Waals surface area (Å²) in [5, 5.41) is 11.4. The largest absolute Gasteiger partial charge is 0.348 e. The number of rotatable bonds is 4. The molecule has 1 aliphatic rings. The van der Waals surface area contributed by atoms with Crippen molar-refractivity contribution in [1.82, 2.24) is 15.1 Å². The smallest absolute Gasteiger partial charge is 0.227 e. The van der Waals surface area contributed by atoms with Crippen LogP contribution in [0, 0.1) is 5.82 Å². The Morgan fingerprint density at radius 3 is 2.29 bits per heavy atom. The van der Waals surface area contributed by atoms with Crippen LogP contribution < -0.4 is 4.90 Å². The number of amides is 1. The van der Waals surface area contributed by atoms with E-state index in [0.717, 1.165) is 33.4 Å². The molecule has 3 aromatic carbocycles. The van der Waals surface area contributed by atoms with E-state index in [2.05, 4.69) is 34.2 Å². The van der Waals surface area contributed by atoms with Gasteiger partial charge < -0.3 is 9.80 Å². The van der Waals surface area contributed by atoms with E-state index < -0.39 is 0 Å². The number of fused-ring (bicyclic) bond motifs is 1. The number of anilines is 1. The van der Waals surface area contributed by atoms with E-state index in [-0.39, 0.29) is 36.6 Å². The van der Waals surface area contributed by atoms with Gasteiger partial charge in [0.15, 0.2) is 5.82 Å². The first-order valence-electron chi connectivity index (χ1n) is 11.2. The van der Waals surface area contributed by atoms with Crippen molar-refractivity contribution in [3.8, 4) is 11.3 Å². The maximum Gasteiger partial charge on any atom is 0.227 e. The molecule has 0 bridgehead atoms. The maximum atomic E-state index is 13.2. The maximum absolute atomic E-state index is 13.2. The number of benzene rings is 3. The fourth-order valence-electron chi connectivity index (χ4n) is 4.50. The molecule has 174 valence electrons. The highest BCUT2D eigenvalue weighted by atomic mass is 35.5. The molecule has 0 saturated carbocycles. The van der Waals surface area contributed by atoms with Gasteiger partial charge in [0.25, 0.3) is 0 Å². The molecule has 5 rings (SSSR count). The van der Waals surface area contributed by atoms with Gasteiger partial charge >= 0.3 is 0 Å². The fourth-order valence-corrected chi connectivity index (χ4v) is 4.50. The third kappa shape index (κ3) is 4.73. The predicted octanol–water partition coefficient (Wildman–Crippen LogP) is 5.14. The quantitative estimate of drug-likeness (QED) is 0.409. The molecule has 0 radical (unpaired) electrons. The lowest BCUT2D eigenvalue weighted by Gasteiger charge is -2.40. The molecule has 2 heterocycles. The zero-order valence-corrected chi connectivity index (χ0v) is 19.7. The molecular weight excluding hydrogens is 451 g/mol. The van der Waals surface area contributed by atoms with Crippen molar-refractivity contribution in [1.29, 1.82) is 0 Å². The molecule has 1 fully saturated rings. The van der Waals surface area contributed by atoms with Gasteiger partial charge in [-0.05, 0) is 24.6 Å². The molecule has 0 N–H and O–H groups in total. The minimum absolute atomic E-state index is 0. The van der Waals surface area contributed by atoms with Gasteiger partial charge in [0, 0.05) is 42.0 Å². The number of hydrogen-bond donors (Lipinski definition) is 0. The summed E-state index contributed by atoms with van der Waals surface area (Å²) in [7, 11) is 0. The van der Waals surface area contributed by atoms with Crippen LogP contribution in [0.1, 0.15) is 12.5 Å². The Labute approximate surface area is 204 Å². The highest BCUT2D eigenvalue weighted by Gasteiger charge is 2.29. The van der Waals surface area contributed by atoms with Crippen LogP contribution in [0.2, 0.25) is 0 Å². The summed E-state index contributed by atoms with van der Waals surface area (Å²) >= 11 is 0. The van der Waals surface area contributed by atoms with Crippen LogP contribution >= 0.6 is 12.4 Å². The van der Waals surface area contributed by atoms with E-state index in [1.807, 2.05) is 47.4 Å². The fraction of sp³-hybridized carbons (Fsp3) is 0.222. The van der Waals surface area contributed by atoms with Crippen LogP contribution in [-0.2, 0) is 11.2 Å². The second-order valence-electron chi connectivity index (χ2n) is 8.47. The summed E-state index contributed by atoms with van der Waals surface area (Å²) < 4.78 is 13.2. The second-order valence-corrected chi connectivity index (χ2v) is 8.47. The Balaban J connectivity index is 0.00000274. The van der Waals surface area contributed by atoms with Gasteiger partial charge in [-0.25, -0.2) is 4.39 Å². The zero-order chi connectivity index (χ0) is 22.8. The van der Waals surface area contributed by atoms with Crippen molar-refractivity contribution in [3.63, 3.8) is 0 Å². The van der Waals surface area contributed by atoms with Crippen molar-refractivity contribution < 1.29 is 9.18 Å². The Bertz CT molecular complexity index is 1280. The van der Waals surface area contributed by atoms with Gasteiger partial charge in [-0.1, -0.05) is 66.7 Å². The molecule has 1 saturated heterocycles. The van der Waals surface area contributed by atoms with E-state index in [4.69, 9.17) is 0 Å². The number of carbonyl (C=O) groups excluding carboxylic acids is 1. The molecule has 5 nitrogen and oxygen atoms in total. The van der Waals surface area contributed by atoms with Crippen LogP contribution in [0.25, 0.3) is 22.0 Å². The van der Waals surface area contributed by atoms with Gasteiger partial charge in [-0.2, -0.15) is 0 Å². The first-order valence-corrected chi connectivity index (χ1v) is 11.2. The van der Waals surface area contributed by atoms with Crippen LogP contribution in [0.3, 0.4) is 0 Å². The summed E-state index contributed by atoms with van der Waals surface area (Å²) in [4.78, 5) is 17.0. The van der Waals surface area contributed by atoms with Gasteiger partial charge in [0.1, 0.15) is 11.5 Å². The summed E-state index contributed by atoms with van der Waals surface area (Å²) in [5.41, 5.74) is 2.73. The van der Waals surface area contributed by atoms with Gasteiger partial charge in [-0.3, -0.25) is 4.79 Å². The molecule has 0 spiro atoms. The van der Waals surface area contributed by atoms with Gasteiger partial charge in [0.2, 0.25) is 5.91 Å². The molecule has 1 atom stereocenters. The second kappa shape index (κ2) is 10.2. The van der Waals surface area contributed by atoms with E-state index in [1.165, 1.54) is 12.1 Å². The minimum atomic E-state index is -0.292. The molecule has 1 amide bonds. The van der Waals surface area contributed by atoms with Crippen molar-refractivity contribution in [2.75, 3.05) is 24.5 Å². The van der Waals surface area contributed by atoms with Crippen molar-refractivity contribution in [2.45, 2.75) is 19.4 Å². The molecule has 1 aromatic heterocycles. The first-order chi connectivity index (χ1) is 16.1. The molecule has 0 aliphatic carbocycles. The molecule has 4 aromatic rings. The van der Waals surface area contributed by atoms with Crippen molar-refractivity contribution in [2.24, 2.45) is 0 Å². The van der Waals surface area contributed by atoms with Crippen LogP contribution in [0.4, 0.5) is 10.2 Å². The lowest BCUT2D eigenvalue weighted by Crippen LogP contribution is -2.54. The van der Waals surface area contributed by atoms with Crippen LogP contribution in [-0.4, -0.2) is 46.7 Å². The summed E-state index contributed by atoms with van der Waals surface area (Å²) in [5.74, 6) is 0.618. The number of carbonyl (C=O) groups is 1. The Kier molecular flexibility index (Phi) is 7.08. The Morgan fingerprint density at radius 1 is 0.912 bits per heavy atom.